The molecule has 4 rings (SSSR count). The van der Waals surface area contributed by atoms with E-state index >= 15 is 0 Å². The Labute approximate surface area is 134 Å². The summed E-state index contributed by atoms with van der Waals surface area (Å²) in [5.41, 5.74) is 2.84. The molecule has 2 aliphatic heterocycles. The summed E-state index contributed by atoms with van der Waals surface area (Å²) in [6.07, 6.45) is 2.66. The fourth-order valence-electron chi connectivity index (χ4n) is 4.44. The fraction of sp³-hybridized carbons (Fsp3) is 0.647. The molecule has 2 heterocycles. The second-order valence-corrected chi connectivity index (χ2v) is 7.99. The van der Waals surface area contributed by atoms with E-state index in [1.807, 2.05) is 0 Å². The Hall–Kier alpha value is -0.580. The molecular weight excluding hydrogens is 330 g/mol. The Morgan fingerprint density at radius 1 is 1.33 bits per heavy atom. The molecule has 0 amide bonds. The lowest BCUT2D eigenvalue weighted by Crippen LogP contribution is -2.65. The van der Waals surface area contributed by atoms with Gasteiger partial charge in [0.1, 0.15) is 5.75 Å². The van der Waals surface area contributed by atoms with E-state index < -0.39 is 0 Å². The lowest BCUT2D eigenvalue weighted by molar-refractivity contribution is -0.113. The second-order valence-electron chi connectivity index (χ2n) is 7.08. The summed E-state index contributed by atoms with van der Waals surface area (Å²) in [5.74, 6) is 1.78. The van der Waals surface area contributed by atoms with E-state index in [1.54, 1.807) is 0 Å². The number of hydrogen-bond acceptors (Lipinski definition) is 3. The minimum Gasteiger partial charge on any atom is -0.493 e. The van der Waals surface area contributed by atoms with Crippen LogP contribution in [0.3, 0.4) is 0 Å². The van der Waals surface area contributed by atoms with E-state index in [-0.39, 0.29) is 5.41 Å². The van der Waals surface area contributed by atoms with E-state index in [9.17, 15) is 0 Å². The van der Waals surface area contributed by atoms with Crippen molar-refractivity contribution in [2.75, 3.05) is 13.2 Å². The van der Waals surface area contributed by atoms with E-state index in [4.69, 9.17) is 9.47 Å². The van der Waals surface area contributed by atoms with Gasteiger partial charge in [0.25, 0.3) is 0 Å². The molecular formula is C17H22BrNO2. The molecule has 3 unspecified atom stereocenters. The zero-order valence-corrected chi connectivity index (χ0v) is 14.2. The normalized spacial score (nSPS) is 32.2. The van der Waals surface area contributed by atoms with E-state index in [0.717, 1.165) is 36.4 Å². The Morgan fingerprint density at radius 2 is 2.19 bits per heavy atom. The number of ether oxygens (including phenoxy) is 2. The summed E-state index contributed by atoms with van der Waals surface area (Å²) >= 11 is 3.62. The van der Waals surface area contributed by atoms with Gasteiger partial charge in [0.05, 0.1) is 12.7 Å². The summed E-state index contributed by atoms with van der Waals surface area (Å²) in [6.45, 7) is 7.25. The first-order valence-corrected chi connectivity index (χ1v) is 8.66. The van der Waals surface area contributed by atoms with E-state index in [1.165, 1.54) is 17.5 Å². The molecule has 3 atom stereocenters. The molecule has 1 aromatic carbocycles. The van der Waals surface area contributed by atoms with E-state index in [0.29, 0.717) is 18.1 Å². The first kappa shape index (κ1) is 14.0. The van der Waals surface area contributed by atoms with Crippen molar-refractivity contribution >= 4 is 15.9 Å². The molecule has 3 aliphatic rings. The van der Waals surface area contributed by atoms with Gasteiger partial charge in [-0.1, -0.05) is 29.8 Å². The van der Waals surface area contributed by atoms with Crippen molar-refractivity contribution in [2.45, 2.75) is 45.4 Å². The van der Waals surface area contributed by atoms with Crippen LogP contribution >= 0.6 is 15.9 Å². The van der Waals surface area contributed by atoms with Crippen LogP contribution in [-0.2, 0) is 17.7 Å². The lowest BCUT2D eigenvalue weighted by atomic mass is 9.57. The first-order valence-electron chi connectivity index (χ1n) is 7.86. The van der Waals surface area contributed by atoms with Gasteiger partial charge in [0.15, 0.2) is 0 Å². The molecule has 0 radical (unpaired) electrons. The summed E-state index contributed by atoms with van der Waals surface area (Å²) < 4.78 is 12.8. The Kier molecular flexibility index (Phi) is 3.32. The molecule has 21 heavy (non-hydrogen) atoms. The summed E-state index contributed by atoms with van der Waals surface area (Å²) in [7, 11) is 0. The highest BCUT2D eigenvalue weighted by atomic mass is 79.9. The molecule has 1 N–H and O–H groups in total. The maximum atomic E-state index is 5.87. The van der Waals surface area contributed by atoms with Crippen molar-refractivity contribution in [2.24, 2.45) is 11.3 Å². The van der Waals surface area contributed by atoms with Crippen molar-refractivity contribution in [3.05, 3.63) is 27.7 Å². The zero-order valence-electron chi connectivity index (χ0n) is 12.6. The third-order valence-electron chi connectivity index (χ3n) is 5.44. The molecule has 0 bridgehead atoms. The van der Waals surface area contributed by atoms with Gasteiger partial charge in [-0.2, -0.15) is 0 Å². The highest BCUT2D eigenvalue weighted by molar-refractivity contribution is 9.10. The Balaban J connectivity index is 1.51. The molecule has 1 saturated carbocycles. The predicted octanol–water partition coefficient (Wildman–Crippen LogP) is 3.29. The minimum absolute atomic E-state index is 0.233. The highest BCUT2D eigenvalue weighted by Gasteiger charge is 2.58. The van der Waals surface area contributed by atoms with Crippen LogP contribution in [0.2, 0.25) is 0 Å². The predicted molar refractivity (Wildman–Crippen MR) is 85.6 cm³/mol. The molecule has 1 saturated heterocycles. The molecule has 1 aliphatic carbocycles. The van der Waals surface area contributed by atoms with Crippen molar-refractivity contribution in [1.82, 2.24) is 5.32 Å². The average molecular weight is 352 g/mol. The number of halogens is 1. The topological polar surface area (TPSA) is 30.5 Å². The van der Waals surface area contributed by atoms with Gasteiger partial charge in [-0.15, -0.1) is 0 Å². The van der Waals surface area contributed by atoms with Crippen molar-refractivity contribution in [1.29, 1.82) is 0 Å². The SMILES string of the molecule is CC1(C)C(NCc2cc(Br)cc3c2OCC3)C2CCOC21. The van der Waals surface area contributed by atoms with Crippen molar-refractivity contribution < 1.29 is 9.47 Å². The number of rotatable bonds is 3. The third-order valence-corrected chi connectivity index (χ3v) is 5.90. The van der Waals surface area contributed by atoms with Crippen LogP contribution in [-0.4, -0.2) is 25.4 Å². The maximum Gasteiger partial charge on any atom is 0.127 e. The summed E-state index contributed by atoms with van der Waals surface area (Å²) in [4.78, 5) is 0. The van der Waals surface area contributed by atoms with Gasteiger partial charge in [0, 0.05) is 47.0 Å². The minimum atomic E-state index is 0.233. The smallest absolute Gasteiger partial charge is 0.127 e. The van der Waals surface area contributed by atoms with Crippen LogP contribution < -0.4 is 10.1 Å². The van der Waals surface area contributed by atoms with Crippen LogP contribution in [0.4, 0.5) is 0 Å². The standard InChI is InChI=1S/C17H22BrNO2/c1-17(2)15(13-4-6-21-16(13)17)19-9-11-8-12(18)7-10-3-5-20-14(10)11/h7-8,13,15-16,19H,3-6,9H2,1-2H3. The maximum absolute atomic E-state index is 5.87. The zero-order chi connectivity index (χ0) is 14.6. The third kappa shape index (κ3) is 2.14. The number of fused-ring (bicyclic) bond motifs is 2. The lowest BCUT2D eigenvalue weighted by Gasteiger charge is -2.55. The van der Waals surface area contributed by atoms with Gasteiger partial charge in [-0.3, -0.25) is 0 Å². The van der Waals surface area contributed by atoms with E-state index in [2.05, 4.69) is 47.2 Å². The van der Waals surface area contributed by atoms with Crippen LogP contribution in [0.5, 0.6) is 5.75 Å². The van der Waals surface area contributed by atoms with Gasteiger partial charge >= 0.3 is 0 Å². The van der Waals surface area contributed by atoms with Gasteiger partial charge in [-0.25, -0.2) is 0 Å². The average Bonchev–Trinajstić information content (AvgIpc) is 3.05. The van der Waals surface area contributed by atoms with Gasteiger partial charge < -0.3 is 14.8 Å². The van der Waals surface area contributed by atoms with Gasteiger partial charge in [0.2, 0.25) is 0 Å². The first-order chi connectivity index (χ1) is 10.1. The molecule has 2 fully saturated rings. The van der Waals surface area contributed by atoms with Crippen LogP contribution in [0, 0.1) is 11.3 Å². The number of benzene rings is 1. The molecule has 3 nitrogen and oxygen atoms in total. The molecule has 114 valence electrons. The monoisotopic (exact) mass is 351 g/mol. The fourth-order valence-corrected chi connectivity index (χ4v) is 4.99. The Morgan fingerprint density at radius 3 is 3.05 bits per heavy atom. The quantitative estimate of drug-likeness (QED) is 0.906. The Bertz CT molecular complexity index is 572. The van der Waals surface area contributed by atoms with Crippen LogP contribution in [0.15, 0.2) is 16.6 Å². The summed E-state index contributed by atoms with van der Waals surface area (Å²) in [5, 5.41) is 3.77. The second kappa shape index (κ2) is 4.97. The number of nitrogens with one attached hydrogen (secondary N) is 1. The van der Waals surface area contributed by atoms with Crippen LogP contribution in [0.25, 0.3) is 0 Å². The highest BCUT2D eigenvalue weighted by Crippen LogP contribution is 2.52. The van der Waals surface area contributed by atoms with Crippen LogP contribution in [0.1, 0.15) is 31.4 Å². The number of hydrogen-bond donors (Lipinski definition) is 1. The molecule has 4 heteroatoms. The summed E-state index contributed by atoms with van der Waals surface area (Å²) in [6, 6.07) is 4.91. The van der Waals surface area contributed by atoms with Crippen molar-refractivity contribution in [3.63, 3.8) is 0 Å². The molecule has 1 aromatic rings. The molecule has 0 spiro atoms. The van der Waals surface area contributed by atoms with Gasteiger partial charge in [-0.05, 0) is 24.1 Å². The van der Waals surface area contributed by atoms with Crippen molar-refractivity contribution in [3.8, 4) is 5.75 Å². The molecule has 0 aromatic heterocycles. The largest absolute Gasteiger partial charge is 0.493 e.